The molecule has 0 unspecified atom stereocenters. The summed E-state index contributed by atoms with van der Waals surface area (Å²) in [4.78, 5) is 7.11. The smallest absolute Gasteiger partial charge is 0.244 e. The Balaban J connectivity index is 2.11. The van der Waals surface area contributed by atoms with E-state index >= 15 is 0 Å². The zero-order chi connectivity index (χ0) is 12.3. The van der Waals surface area contributed by atoms with Crippen molar-refractivity contribution in [1.29, 1.82) is 0 Å². The molecule has 0 fully saturated rings. The van der Waals surface area contributed by atoms with Crippen LogP contribution in [0.2, 0.25) is 5.28 Å². The van der Waals surface area contributed by atoms with Crippen molar-refractivity contribution in [1.82, 2.24) is 19.8 Å². The third kappa shape index (κ3) is 2.99. The quantitative estimate of drug-likeness (QED) is 0.820. The fourth-order valence-corrected chi connectivity index (χ4v) is 2.00. The topological polar surface area (TPSA) is 98.0 Å². The minimum atomic E-state index is -3.67. The van der Waals surface area contributed by atoms with Crippen LogP contribution in [0.25, 0.3) is 0 Å². The Kier molecular flexibility index (Phi) is 3.36. The Morgan fingerprint density at radius 2 is 2.06 bits per heavy atom. The van der Waals surface area contributed by atoms with Gasteiger partial charge in [0.1, 0.15) is 4.90 Å². The lowest BCUT2D eigenvalue weighted by atomic mass is 10.5. The van der Waals surface area contributed by atoms with Gasteiger partial charge in [-0.3, -0.25) is 0 Å². The summed E-state index contributed by atoms with van der Waals surface area (Å²) >= 11 is 5.46. The molecule has 90 valence electrons. The van der Waals surface area contributed by atoms with Crippen LogP contribution in [0.15, 0.2) is 34.1 Å². The van der Waals surface area contributed by atoms with Crippen molar-refractivity contribution in [3.63, 3.8) is 0 Å². The summed E-state index contributed by atoms with van der Waals surface area (Å²) in [6.45, 7) is 0.00492. The number of aromatic nitrogens is 3. The van der Waals surface area contributed by atoms with Crippen molar-refractivity contribution in [2.24, 2.45) is 0 Å². The van der Waals surface area contributed by atoms with Crippen molar-refractivity contribution < 1.29 is 12.9 Å². The van der Waals surface area contributed by atoms with Crippen LogP contribution in [0, 0.1) is 0 Å². The molecule has 0 atom stereocenters. The first kappa shape index (κ1) is 12.0. The molecule has 2 heterocycles. The van der Waals surface area contributed by atoms with Crippen LogP contribution in [0.3, 0.4) is 0 Å². The molecule has 0 saturated heterocycles. The van der Waals surface area contributed by atoms with Gasteiger partial charge in [-0.1, -0.05) is 5.16 Å². The number of halogens is 1. The predicted molar refractivity (Wildman–Crippen MR) is 57.6 cm³/mol. The van der Waals surface area contributed by atoms with Gasteiger partial charge in [-0.15, -0.1) is 0 Å². The molecule has 0 bridgehead atoms. The first-order valence-electron chi connectivity index (χ1n) is 4.45. The highest BCUT2D eigenvalue weighted by molar-refractivity contribution is 7.89. The van der Waals surface area contributed by atoms with Crippen molar-refractivity contribution in [3.8, 4) is 0 Å². The van der Waals surface area contributed by atoms with E-state index in [0.717, 1.165) is 12.4 Å². The molecule has 9 heteroatoms. The lowest BCUT2D eigenvalue weighted by Gasteiger charge is -2.03. The lowest BCUT2D eigenvalue weighted by Crippen LogP contribution is -2.23. The number of hydrogen-bond acceptors (Lipinski definition) is 6. The highest BCUT2D eigenvalue weighted by Gasteiger charge is 2.15. The van der Waals surface area contributed by atoms with Crippen LogP contribution < -0.4 is 4.72 Å². The first-order chi connectivity index (χ1) is 8.08. The summed E-state index contributed by atoms with van der Waals surface area (Å²) in [5, 5.41) is 3.44. The third-order valence-electron chi connectivity index (χ3n) is 1.83. The van der Waals surface area contributed by atoms with Crippen LogP contribution in [0.4, 0.5) is 0 Å². The van der Waals surface area contributed by atoms with E-state index in [2.05, 4.69) is 19.8 Å². The molecule has 2 rings (SSSR count). The minimum Gasteiger partial charge on any atom is -0.360 e. The molecule has 0 amide bonds. The second-order valence-corrected chi connectivity index (χ2v) is 5.10. The molecule has 0 aliphatic carbocycles. The first-order valence-corrected chi connectivity index (χ1v) is 6.31. The highest BCUT2D eigenvalue weighted by atomic mass is 35.5. The van der Waals surface area contributed by atoms with E-state index in [1.807, 2.05) is 0 Å². The van der Waals surface area contributed by atoms with E-state index < -0.39 is 10.0 Å². The summed E-state index contributed by atoms with van der Waals surface area (Å²) in [6, 6.07) is 1.56. The monoisotopic (exact) mass is 274 g/mol. The zero-order valence-corrected chi connectivity index (χ0v) is 9.94. The fourth-order valence-electron chi connectivity index (χ4n) is 1.02. The maximum absolute atomic E-state index is 11.7. The van der Waals surface area contributed by atoms with Crippen molar-refractivity contribution in [3.05, 3.63) is 35.7 Å². The molecular formula is C8H7ClN4O3S. The second-order valence-electron chi connectivity index (χ2n) is 2.99. The van der Waals surface area contributed by atoms with E-state index in [-0.39, 0.29) is 16.7 Å². The van der Waals surface area contributed by atoms with Gasteiger partial charge < -0.3 is 4.52 Å². The van der Waals surface area contributed by atoms with Gasteiger partial charge in [-0.25, -0.2) is 23.1 Å². The van der Waals surface area contributed by atoms with Gasteiger partial charge in [0.05, 0.1) is 25.1 Å². The number of rotatable bonds is 4. The molecule has 7 nitrogen and oxygen atoms in total. The third-order valence-corrected chi connectivity index (χ3v) is 3.39. The van der Waals surface area contributed by atoms with Gasteiger partial charge in [0.25, 0.3) is 0 Å². The van der Waals surface area contributed by atoms with Gasteiger partial charge in [-0.2, -0.15) is 0 Å². The molecule has 0 spiro atoms. The SMILES string of the molecule is O=S(=O)(NCc1ccno1)c1cnc(Cl)nc1. The van der Waals surface area contributed by atoms with Crippen LogP contribution in [-0.2, 0) is 16.6 Å². The Morgan fingerprint density at radius 1 is 1.35 bits per heavy atom. The standard InChI is InChI=1S/C8H7ClN4O3S/c9-8-10-4-7(5-11-8)17(14,15)13-3-6-1-2-12-16-6/h1-2,4-5,13H,3H2. The largest absolute Gasteiger partial charge is 0.360 e. The van der Waals surface area contributed by atoms with Gasteiger partial charge in [0.2, 0.25) is 15.3 Å². The van der Waals surface area contributed by atoms with Gasteiger partial charge in [0.15, 0.2) is 5.76 Å². The second kappa shape index (κ2) is 4.78. The van der Waals surface area contributed by atoms with Crippen LogP contribution >= 0.6 is 11.6 Å². The van der Waals surface area contributed by atoms with Crippen LogP contribution in [-0.4, -0.2) is 23.5 Å². The molecular weight excluding hydrogens is 268 g/mol. The number of nitrogens with zero attached hydrogens (tertiary/aromatic N) is 3. The summed E-state index contributed by atoms with van der Waals surface area (Å²) in [7, 11) is -3.67. The maximum Gasteiger partial charge on any atom is 0.244 e. The van der Waals surface area contributed by atoms with E-state index in [0.29, 0.717) is 5.76 Å². The van der Waals surface area contributed by atoms with Gasteiger partial charge in [-0.05, 0) is 11.6 Å². The summed E-state index contributed by atoms with van der Waals surface area (Å²) in [6.07, 6.45) is 3.67. The van der Waals surface area contributed by atoms with E-state index in [9.17, 15) is 8.42 Å². The van der Waals surface area contributed by atoms with Crippen LogP contribution in [0.5, 0.6) is 0 Å². The Hall–Kier alpha value is -1.51. The molecule has 0 aliphatic rings. The molecule has 0 saturated carbocycles. The number of nitrogens with one attached hydrogen (secondary N) is 1. The maximum atomic E-state index is 11.7. The molecule has 0 aromatic carbocycles. The Morgan fingerprint density at radius 3 is 2.65 bits per heavy atom. The van der Waals surface area contributed by atoms with Crippen LogP contribution in [0.1, 0.15) is 5.76 Å². The average molecular weight is 275 g/mol. The summed E-state index contributed by atoms with van der Waals surface area (Å²) in [5.74, 6) is 0.406. The molecule has 0 aliphatic heterocycles. The minimum absolute atomic E-state index is 0.00492. The number of sulfonamides is 1. The molecule has 2 aromatic rings. The molecule has 2 aromatic heterocycles. The lowest BCUT2D eigenvalue weighted by molar-refractivity contribution is 0.380. The van der Waals surface area contributed by atoms with Crippen molar-refractivity contribution in [2.45, 2.75) is 11.4 Å². The summed E-state index contributed by atoms with van der Waals surface area (Å²) < 4.78 is 30.6. The predicted octanol–water partition coefficient (Wildman–Crippen LogP) is 0.597. The zero-order valence-electron chi connectivity index (χ0n) is 8.37. The highest BCUT2D eigenvalue weighted by Crippen LogP contribution is 2.08. The average Bonchev–Trinajstić information content (AvgIpc) is 2.80. The van der Waals surface area contributed by atoms with E-state index in [4.69, 9.17) is 16.1 Å². The molecule has 17 heavy (non-hydrogen) atoms. The Bertz CT molecular complexity index is 582. The Labute approximate surface area is 102 Å². The summed E-state index contributed by atoms with van der Waals surface area (Å²) in [5.41, 5.74) is 0. The number of hydrogen-bond donors (Lipinski definition) is 1. The van der Waals surface area contributed by atoms with Crippen molar-refractivity contribution in [2.75, 3.05) is 0 Å². The van der Waals surface area contributed by atoms with Gasteiger partial charge >= 0.3 is 0 Å². The molecule has 1 N–H and O–H groups in total. The van der Waals surface area contributed by atoms with E-state index in [1.165, 1.54) is 6.20 Å². The normalized spacial score (nSPS) is 11.6. The van der Waals surface area contributed by atoms with Crippen molar-refractivity contribution >= 4 is 21.6 Å². The molecule has 0 radical (unpaired) electrons. The van der Waals surface area contributed by atoms with E-state index in [1.54, 1.807) is 6.07 Å². The van der Waals surface area contributed by atoms with Gasteiger partial charge in [0, 0.05) is 6.07 Å². The fraction of sp³-hybridized carbons (Fsp3) is 0.125.